The van der Waals surface area contributed by atoms with Gasteiger partial charge in [-0.3, -0.25) is 0 Å². The summed E-state index contributed by atoms with van der Waals surface area (Å²) >= 11 is 0. The first-order chi connectivity index (χ1) is 7.43. The molecule has 1 aromatic carbocycles. The van der Waals surface area contributed by atoms with E-state index < -0.39 is 0 Å². The maximum Gasteiger partial charge on any atom is 0.229 e. The molecule has 0 fully saturated rings. The number of benzene rings is 1. The van der Waals surface area contributed by atoms with Crippen LogP contribution in [0.15, 0.2) is 36.4 Å². The van der Waals surface area contributed by atoms with Gasteiger partial charge in [0, 0.05) is 6.61 Å². The van der Waals surface area contributed by atoms with Crippen LogP contribution in [0, 0.1) is 0 Å². The van der Waals surface area contributed by atoms with E-state index in [1.54, 1.807) is 0 Å². The van der Waals surface area contributed by atoms with Crippen LogP contribution in [0.4, 0.5) is 0 Å². The maximum atomic E-state index is 5.49. The minimum Gasteiger partial charge on any atom is -0.417 e. The second kappa shape index (κ2) is 8.45. The van der Waals surface area contributed by atoms with Gasteiger partial charge < -0.3 is 4.43 Å². The van der Waals surface area contributed by atoms with E-state index in [1.807, 2.05) is 6.07 Å². The van der Waals surface area contributed by atoms with Gasteiger partial charge in [0.15, 0.2) is 0 Å². The predicted octanol–water partition coefficient (Wildman–Crippen LogP) is 3.55. The fourth-order valence-corrected chi connectivity index (χ4v) is 1.77. The minimum atomic E-state index is 0.676. The van der Waals surface area contributed by atoms with Gasteiger partial charge in [-0.05, 0) is 18.0 Å². The Morgan fingerprint density at radius 2 is 2.07 bits per heavy atom. The average Bonchev–Trinajstić information content (AvgIpc) is 2.29. The lowest BCUT2D eigenvalue weighted by Crippen LogP contribution is -1.98. The van der Waals surface area contributed by atoms with Gasteiger partial charge >= 0.3 is 0 Å². The van der Waals surface area contributed by atoms with Crippen molar-refractivity contribution in [3.63, 3.8) is 0 Å². The maximum absolute atomic E-state index is 5.49. The quantitative estimate of drug-likeness (QED) is 0.502. The van der Waals surface area contributed by atoms with E-state index in [1.165, 1.54) is 18.0 Å². The van der Waals surface area contributed by atoms with E-state index in [4.69, 9.17) is 4.43 Å². The van der Waals surface area contributed by atoms with Crippen LogP contribution in [-0.2, 0) is 4.43 Å². The summed E-state index contributed by atoms with van der Waals surface area (Å²) in [4.78, 5) is 0. The molecule has 1 aromatic rings. The highest BCUT2D eigenvalue weighted by Crippen LogP contribution is 2.01. The van der Waals surface area contributed by atoms with Crippen molar-refractivity contribution in [3.8, 4) is 0 Å². The largest absolute Gasteiger partial charge is 0.417 e. The number of hydrogen-bond acceptors (Lipinski definition) is 1. The smallest absolute Gasteiger partial charge is 0.229 e. The van der Waals surface area contributed by atoms with Crippen molar-refractivity contribution in [2.75, 3.05) is 6.61 Å². The first-order valence-electron chi connectivity index (χ1n) is 5.49. The number of hydrogen-bond donors (Lipinski definition) is 0. The molecule has 0 heterocycles. The van der Waals surface area contributed by atoms with Crippen LogP contribution >= 0.6 is 0 Å². The zero-order valence-electron chi connectivity index (χ0n) is 9.28. The molecule has 0 unspecified atom stereocenters. The third-order valence-corrected chi connectivity index (χ3v) is 3.06. The minimum absolute atomic E-state index is 0.676. The van der Waals surface area contributed by atoms with E-state index in [2.05, 4.69) is 43.3 Å². The molecule has 0 bridgehead atoms. The predicted molar refractivity (Wildman–Crippen MR) is 66.9 cm³/mol. The topological polar surface area (TPSA) is 9.23 Å². The average molecular weight is 218 g/mol. The SMILES string of the molecule is CCC[Si]OCCC=Cc1ccccc1. The van der Waals surface area contributed by atoms with Crippen molar-refractivity contribution in [1.29, 1.82) is 0 Å². The molecular formula is C13H18OSi. The Kier molecular flexibility index (Phi) is 6.87. The first kappa shape index (κ1) is 12.2. The fraction of sp³-hybridized carbons (Fsp3) is 0.385. The Hall–Kier alpha value is -0.863. The van der Waals surface area contributed by atoms with Crippen molar-refractivity contribution in [3.05, 3.63) is 42.0 Å². The summed E-state index contributed by atoms with van der Waals surface area (Å²) < 4.78 is 5.49. The van der Waals surface area contributed by atoms with Crippen LogP contribution in [0.2, 0.25) is 6.04 Å². The van der Waals surface area contributed by atoms with Gasteiger partial charge in [-0.1, -0.05) is 55.8 Å². The number of rotatable bonds is 7. The molecule has 1 nitrogen and oxygen atoms in total. The van der Waals surface area contributed by atoms with Gasteiger partial charge in [0.05, 0.1) is 0 Å². The highest BCUT2D eigenvalue weighted by molar-refractivity contribution is 6.26. The van der Waals surface area contributed by atoms with Crippen LogP contribution in [0.3, 0.4) is 0 Å². The Morgan fingerprint density at radius 3 is 2.80 bits per heavy atom. The molecule has 0 N–H and O–H groups in total. The molecule has 0 saturated carbocycles. The van der Waals surface area contributed by atoms with Crippen LogP contribution in [0.1, 0.15) is 25.3 Å². The van der Waals surface area contributed by atoms with E-state index in [9.17, 15) is 0 Å². The third kappa shape index (κ3) is 6.26. The fourth-order valence-electron chi connectivity index (χ4n) is 1.16. The Labute approximate surface area is 95.1 Å². The zero-order valence-corrected chi connectivity index (χ0v) is 10.3. The molecule has 2 radical (unpaired) electrons. The lowest BCUT2D eigenvalue weighted by molar-refractivity contribution is 0.343. The highest BCUT2D eigenvalue weighted by Gasteiger charge is 1.88. The lowest BCUT2D eigenvalue weighted by atomic mass is 10.2. The standard InChI is InChI=1S/C13H18OSi/c1-2-12-15-14-11-7-6-10-13-8-4-3-5-9-13/h3-6,8-10H,2,7,11-12H2,1H3. The van der Waals surface area contributed by atoms with Crippen molar-refractivity contribution >= 4 is 15.8 Å². The Morgan fingerprint density at radius 1 is 1.27 bits per heavy atom. The summed E-state index contributed by atoms with van der Waals surface area (Å²) in [6, 6.07) is 11.6. The lowest BCUT2D eigenvalue weighted by Gasteiger charge is -1.98. The van der Waals surface area contributed by atoms with E-state index in [0.29, 0.717) is 9.76 Å². The van der Waals surface area contributed by atoms with Crippen LogP contribution in [0.5, 0.6) is 0 Å². The van der Waals surface area contributed by atoms with Crippen molar-refractivity contribution in [1.82, 2.24) is 0 Å². The summed E-state index contributed by atoms with van der Waals surface area (Å²) in [5.41, 5.74) is 1.26. The Bertz CT molecular complexity index is 269. The van der Waals surface area contributed by atoms with Crippen LogP contribution in [-0.4, -0.2) is 16.4 Å². The molecular weight excluding hydrogens is 200 g/mol. The summed E-state index contributed by atoms with van der Waals surface area (Å²) in [6.45, 7) is 3.04. The zero-order chi connectivity index (χ0) is 10.8. The second-order valence-corrected chi connectivity index (χ2v) is 4.42. The van der Waals surface area contributed by atoms with Gasteiger partial charge in [-0.2, -0.15) is 0 Å². The molecule has 0 atom stereocenters. The van der Waals surface area contributed by atoms with Gasteiger partial charge in [-0.15, -0.1) is 0 Å². The van der Waals surface area contributed by atoms with E-state index in [0.717, 1.165) is 13.0 Å². The molecule has 0 saturated heterocycles. The first-order valence-corrected chi connectivity index (χ1v) is 6.61. The summed E-state index contributed by atoms with van der Waals surface area (Å²) in [5, 5.41) is 0. The molecule has 80 valence electrons. The van der Waals surface area contributed by atoms with Gasteiger partial charge in [0.25, 0.3) is 0 Å². The molecule has 1 rings (SSSR count). The normalized spacial score (nSPS) is 11.0. The van der Waals surface area contributed by atoms with Crippen molar-refractivity contribution in [2.24, 2.45) is 0 Å². The molecule has 0 aliphatic rings. The molecule has 0 spiro atoms. The second-order valence-electron chi connectivity index (χ2n) is 3.34. The summed E-state index contributed by atoms with van der Waals surface area (Å²) in [7, 11) is 0.676. The van der Waals surface area contributed by atoms with Crippen molar-refractivity contribution in [2.45, 2.75) is 25.8 Å². The van der Waals surface area contributed by atoms with Gasteiger partial charge in [-0.25, -0.2) is 0 Å². The van der Waals surface area contributed by atoms with Gasteiger partial charge in [0.1, 0.15) is 0 Å². The third-order valence-electron chi connectivity index (χ3n) is 1.95. The van der Waals surface area contributed by atoms with Crippen molar-refractivity contribution < 1.29 is 4.43 Å². The van der Waals surface area contributed by atoms with E-state index in [-0.39, 0.29) is 0 Å². The van der Waals surface area contributed by atoms with Crippen LogP contribution in [0.25, 0.3) is 6.08 Å². The molecule has 0 aliphatic carbocycles. The summed E-state index contributed by atoms with van der Waals surface area (Å²) in [6.07, 6.45) is 6.54. The van der Waals surface area contributed by atoms with E-state index >= 15 is 0 Å². The molecule has 2 heteroatoms. The van der Waals surface area contributed by atoms with Gasteiger partial charge in [0.2, 0.25) is 9.76 Å². The monoisotopic (exact) mass is 218 g/mol. The summed E-state index contributed by atoms with van der Waals surface area (Å²) in [5.74, 6) is 0. The van der Waals surface area contributed by atoms with Crippen LogP contribution < -0.4 is 0 Å². The Balaban J connectivity index is 2.07. The molecule has 0 aliphatic heterocycles. The molecule has 0 amide bonds. The molecule has 0 aromatic heterocycles. The highest BCUT2D eigenvalue weighted by atomic mass is 28.2. The molecule has 15 heavy (non-hydrogen) atoms.